The molecule has 0 saturated heterocycles. The summed E-state index contributed by atoms with van der Waals surface area (Å²) in [5.41, 5.74) is -0.135. The van der Waals surface area contributed by atoms with E-state index in [1.54, 1.807) is 0 Å². The number of hydrogen-bond donors (Lipinski definition) is 2. The molecule has 0 unspecified atom stereocenters. The van der Waals surface area contributed by atoms with Crippen LogP contribution in [0.1, 0.15) is 66.1 Å². The van der Waals surface area contributed by atoms with E-state index in [9.17, 15) is 9.59 Å². The molecule has 1 aromatic rings. The van der Waals surface area contributed by atoms with Gasteiger partial charge >= 0.3 is 5.97 Å². The number of anilines is 1. The van der Waals surface area contributed by atoms with Crippen LogP contribution in [0.5, 0.6) is 0 Å². The van der Waals surface area contributed by atoms with E-state index in [-0.39, 0.29) is 16.4 Å². The van der Waals surface area contributed by atoms with E-state index < -0.39 is 5.97 Å². The number of carboxylic acids is 1. The zero-order valence-electron chi connectivity index (χ0n) is 12.5. The minimum absolute atomic E-state index is 0.135. The normalized spacial score (nSPS) is 22.0. The van der Waals surface area contributed by atoms with Crippen molar-refractivity contribution in [1.82, 2.24) is 4.98 Å². The first kappa shape index (κ1) is 15.9. The fourth-order valence-corrected chi connectivity index (χ4v) is 3.71. The van der Waals surface area contributed by atoms with Crippen LogP contribution in [0.2, 0.25) is 0 Å². The summed E-state index contributed by atoms with van der Waals surface area (Å²) in [7, 11) is 0. The lowest BCUT2D eigenvalue weighted by Crippen LogP contribution is -2.21. The second-order valence-corrected chi connectivity index (χ2v) is 6.73. The van der Waals surface area contributed by atoms with Crippen molar-refractivity contribution < 1.29 is 14.7 Å². The van der Waals surface area contributed by atoms with Gasteiger partial charge in [-0.15, -0.1) is 0 Å². The van der Waals surface area contributed by atoms with Crippen LogP contribution < -0.4 is 5.32 Å². The highest BCUT2D eigenvalue weighted by molar-refractivity contribution is 7.17. The lowest BCUT2D eigenvalue weighted by atomic mass is 9.81. The Morgan fingerprint density at radius 1 is 1.29 bits per heavy atom. The van der Waals surface area contributed by atoms with E-state index in [1.165, 1.54) is 39.0 Å². The van der Waals surface area contributed by atoms with Crippen LogP contribution in [0.4, 0.5) is 5.13 Å². The monoisotopic (exact) mass is 310 g/mol. The quantitative estimate of drug-likeness (QED) is 0.784. The highest BCUT2D eigenvalue weighted by Gasteiger charge is 2.22. The first-order chi connectivity index (χ1) is 10.0. The van der Waals surface area contributed by atoms with Crippen molar-refractivity contribution in [2.45, 2.75) is 46.0 Å². The van der Waals surface area contributed by atoms with Gasteiger partial charge in [0.05, 0.1) is 0 Å². The Bertz CT molecular complexity index is 487. The molecule has 1 aliphatic rings. The number of aromatic carboxylic acids is 1. The maximum absolute atomic E-state index is 11.4. The van der Waals surface area contributed by atoms with Crippen molar-refractivity contribution in [3.63, 3.8) is 0 Å². The molecule has 2 N–H and O–H groups in total. The van der Waals surface area contributed by atoms with Gasteiger partial charge < -0.3 is 10.4 Å². The number of nitrogens with one attached hydrogen (secondary N) is 1. The third-order valence-corrected chi connectivity index (χ3v) is 5.35. The van der Waals surface area contributed by atoms with Gasteiger partial charge in [0.1, 0.15) is 4.88 Å². The van der Waals surface area contributed by atoms with E-state index in [0.717, 1.165) is 23.8 Å². The van der Waals surface area contributed by atoms with E-state index in [4.69, 9.17) is 5.11 Å². The highest BCUT2D eigenvalue weighted by Crippen LogP contribution is 2.31. The van der Waals surface area contributed by atoms with Crippen LogP contribution in [-0.4, -0.2) is 28.4 Å². The van der Waals surface area contributed by atoms with Gasteiger partial charge in [0.2, 0.25) is 0 Å². The molecule has 116 valence electrons. The first-order valence-electron chi connectivity index (χ1n) is 7.50. The Kier molecular flexibility index (Phi) is 5.33. The summed E-state index contributed by atoms with van der Waals surface area (Å²) in [5.74, 6) is 0.0872. The summed E-state index contributed by atoms with van der Waals surface area (Å²) in [6, 6.07) is 0. The maximum atomic E-state index is 11.4. The SMILES string of the molecule is CCC1CCC(CNc2nc(C(=O)O)c(C(C)=O)s2)CC1. The smallest absolute Gasteiger partial charge is 0.356 e. The zero-order valence-corrected chi connectivity index (χ0v) is 13.3. The molecule has 1 heterocycles. The molecular formula is C15H22N2O3S. The number of carboxylic acid groups (broad SMARTS) is 1. The van der Waals surface area contributed by atoms with Crippen LogP contribution in [0, 0.1) is 11.8 Å². The summed E-state index contributed by atoms with van der Waals surface area (Å²) in [6.45, 7) is 4.42. The van der Waals surface area contributed by atoms with Crippen molar-refractivity contribution in [3.8, 4) is 0 Å². The van der Waals surface area contributed by atoms with Crippen LogP contribution in [0.15, 0.2) is 0 Å². The van der Waals surface area contributed by atoms with Crippen molar-refractivity contribution in [2.24, 2.45) is 11.8 Å². The molecule has 0 bridgehead atoms. The van der Waals surface area contributed by atoms with Crippen LogP contribution in [0.25, 0.3) is 0 Å². The first-order valence-corrected chi connectivity index (χ1v) is 8.31. The maximum Gasteiger partial charge on any atom is 0.356 e. The van der Waals surface area contributed by atoms with Gasteiger partial charge in [-0.3, -0.25) is 4.79 Å². The van der Waals surface area contributed by atoms with Gasteiger partial charge in [-0.2, -0.15) is 0 Å². The number of Topliss-reactive ketones (excluding diaryl/α,β-unsaturated/α-hetero) is 1. The van der Waals surface area contributed by atoms with Gasteiger partial charge in [-0.05, 0) is 24.7 Å². The molecule has 0 amide bonds. The van der Waals surface area contributed by atoms with Crippen LogP contribution >= 0.6 is 11.3 Å². The zero-order chi connectivity index (χ0) is 15.4. The van der Waals surface area contributed by atoms with E-state index in [2.05, 4.69) is 17.2 Å². The Labute approximate surface area is 128 Å². The fourth-order valence-electron chi connectivity index (χ4n) is 2.85. The van der Waals surface area contributed by atoms with Gasteiger partial charge in [0, 0.05) is 13.5 Å². The molecule has 1 aromatic heterocycles. The largest absolute Gasteiger partial charge is 0.476 e. The van der Waals surface area contributed by atoms with Gasteiger partial charge in [-0.25, -0.2) is 9.78 Å². The molecule has 1 fully saturated rings. The van der Waals surface area contributed by atoms with Gasteiger partial charge in [0.15, 0.2) is 16.6 Å². The summed E-state index contributed by atoms with van der Waals surface area (Å²) in [6.07, 6.45) is 6.24. The molecule has 6 heteroatoms. The molecule has 2 rings (SSSR count). The molecule has 0 aromatic carbocycles. The van der Waals surface area contributed by atoms with Crippen LogP contribution in [0.3, 0.4) is 0 Å². The van der Waals surface area contributed by atoms with Crippen molar-refractivity contribution in [1.29, 1.82) is 0 Å². The second kappa shape index (κ2) is 7.02. The highest BCUT2D eigenvalue weighted by atomic mass is 32.1. The number of ketones is 1. The number of carbonyl (C=O) groups is 2. The third kappa shape index (κ3) is 4.03. The molecular weight excluding hydrogens is 288 g/mol. The van der Waals surface area contributed by atoms with E-state index in [1.807, 2.05) is 0 Å². The molecule has 0 spiro atoms. The molecule has 0 atom stereocenters. The average Bonchev–Trinajstić information content (AvgIpc) is 2.90. The van der Waals surface area contributed by atoms with Crippen molar-refractivity contribution in [2.75, 3.05) is 11.9 Å². The summed E-state index contributed by atoms with van der Waals surface area (Å²) < 4.78 is 0. The number of rotatable bonds is 6. The summed E-state index contributed by atoms with van der Waals surface area (Å²) in [5, 5.41) is 12.8. The molecule has 21 heavy (non-hydrogen) atoms. The molecule has 0 radical (unpaired) electrons. The van der Waals surface area contributed by atoms with E-state index >= 15 is 0 Å². The lowest BCUT2D eigenvalue weighted by molar-refractivity contribution is 0.0687. The van der Waals surface area contributed by atoms with E-state index in [0.29, 0.717) is 11.0 Å². The number of aromatic nitrogens is 1. The topological polar surface area (TPSA) is 79.3 Å². The summed E-state index contributed by atoms with van der Waals surface area (Å²) >= 11 is 1.14. The Hall–Kier alpha value is -1.43. The average molecular weight is 310 g/mol. The lowest BCUT2D eigenvalue weighted by Gasteiger charge is -2.27. The van der Waals surface area contributed by atoms with Gasteiger partial charge in [-0.1, -0.05) is 37.5 Å². The Morgan fingerprint density at radius 2 is 1.90 bits per heavy atom. The molecule has 0 aliphatic heterocycles. The molecule has 1 aliphatic carbocycles. The van der Waals surface area contributed by atoms with Gasteiger partial charge in [0.25, 0.3) is 0 Å². The predicted octanol–water partition coefficient (Wildman–Crippen LogP) is 3.67. The van der Waals surface area contributed by atoms with Crippen molar-refractivity contribution in [3.05, 3.63) is 10.6 Å². The van der Waals surface area contributed by atoms with Crippen molar-refractivity contribution >= 4 is 28.2 Å². The summed E-state index contributed by atoms with van der Waals surface area (Å²) in [4.78, 5) is 26.8. The fraction of sp³-hybridized carbons (Fsp3) is 0.667. The Morgan fingerprint density at radius 3 is 2.38 bits per heavy atom. The molecule has 5 nitrogen and oxygen atoms in total. The molecule has 1 saturated carbocycles. The number of nitrogens with zero attached hydrogens (tertiary/aromatic N) is 1. The number of carbonyl (C=O) groups excluding carboxylic acids is 1. The number of hydrogen-bond acceptors (Lipinski definition) is 5. The minimum Gasteiger partial charge on any atom is -0.476 e. The number of thiazole rings is 1. The Balaban J connectivity index is 1.93. The third-order valence-electron chi connectivity index (χ3n) is 4.24. The predicted molar refractivity (Wildman–Crippen MR) is 83.3 cm³/mol. The minimum atomic E-state index is -1.15. The second-order valence-electron chi connectivity index (χ2n) is 5.73. The standard InChI is InChI=1S/C15H22N2O3S/c1-3-10-4-6-11(7-5-10)8-16-15-17-12(14(19)20)13(21-15)9(2)18/h10-11H,3-8H2,1-2H3,(H,16,17)(H,19,20). The van der Waals surface area contributed by atoms with Crippen LogP contribution in [-0.2, 0) is 0 Å².